The fraction of sp³-hybridized carbons (Fsp3) is 0. The van der Waals surface area contributed by atoms with Crippen LogP contribution in [0.5, 0.6) is 0 Å². The van der Waals surface area contributed by atoms with E-state index in [0.717, 1.165) is 47.3 Å². The van der Waals surface area contributed by atoms with Crippen LogP contribution >= 0.6 is 11.3 Å². The van der Waals surface area contributed by atoms with E-state index in [4.69, 9.17) is 4.42 Å². The molecule has 6 rings (SSSR count). The van der Waals surface area contributed by atoms with Gasteiger partial charge in [-0.25, -0.2) is 8.78 Å². The summed E-state index contributed by atoms with van der Waals surface area (Å²) in [7, 11) is 0. The van der Waals surface area contributed by atoms with Crippen LogP contribution in [0.15, 0.2) is 65.1 Å². The zero-order valence-corrected chi connectivity index (χ0v) is 14.2. The van der Waals surface area contributed by atoms with Crippen LogP contribution in [0.2, 0.25) is 0 Å². The summed E-state index contributed by atoms with van der Waals surface area (Å²) in [5, 5.41) is 6.09. The molecule has 0 radical (unpaired) electrons. The standard InChI is InChI=1S/C22H10F2OS/c23-11-1-3-13-15-5-8-18-16(21(15)25-19(13)9-11)6-7-17-14-4-2-12(24)10-20(14)26-22(17)18/h1-10H. The maximum atomic E-state index is 13.6. The van der Waals surface area contributed by atoms with Crippen LogP contribution in [0.4, 0.5) is 8.78 Å². The highest BCUT2D eigenvalue weighted by Gasteiger charge is 2.14. The van der Waals surface area contributed by atoms with Crippen molar-refractivity contribution in [3.05, 3.63) is 72.3 Å². The fourth-order valence-electron chi connectivity index (χ4n) is 3.82. The summed E-state index contributed by atoms with van der Waals surface area (Å²) in [6, 6.07) is 17.7. The van der Waals surface area contributed by atoms with Crippen molar-refractivity contribution in [3.8, 4) is 0 Å². The predicted octanol–water partition coefficient (Wildman–Crippen LogP) is 7.39. The Morgan fingerprint density at radius 3 is 2.00 bits per heavy atom. The van der Waals surface area contributed by atoms with Crippen LogP contribution in [-0.2, 0) is 0 Å². The van der Waals surface area contributed by atoms with E-state index in [-0.39, 0.29) is 11.6 Å². The first kappa shape index (κ1) is 14.2. The third-order valence-corrected chi connectivity index (χ3v) is 6.20. The highest BCUT2D eigenvalue weighted by Crippen LogP contribution is 2.42. The SMILES string of the molecule is Fc1ccc2c(c1)oc1c2ccc2c1ccc1c3ccc(F)cc3sc12. The lowest BCUT2D eigenvalue weighted by atomic mass is 10.0. The monoisotopic (exact) mass is 360 g/mol. The van der Waals surface area contributed by atoms with Crippen molar-refractivity contribution in [1.82, 2.24) is 0 Å². The third-order valence-electron chi connectivity index (χ3n) is 4.99. The van der Waals surface area contributed by atoms with E-state index >= 15 is 0 Å². The molecule has 0 atom stereocenters. The number of benzene rings is 4. The summed E-state index contributed by atoms with van der Waals surface area (Å²) in [6.45, 7) is 0. The molecule has 0 aliphatic rings. The van der Waals surface area contributed by atoms with Crippen LogP contribution in [0, 0.1) is 11.6 Å². The minimum atomic E-state index is -0.310. The molecule has 2 aromatic heterocycles. The van der Waals surface area contributed by atoms with Crippen molar-refractivity contribution < 1.29 is 13.2 Å². The number of halogens is 2. The summed E-state index contributed by atoms with van der Waals surface area (Å²) in [5.74, 6) is -0.537. The zero-order valence-electron chi connectivity index (χ0n) is 13.3. The lowest BCUT2D eigenvalue weighted by Gasteiger charge is -2.01. The van der Waals surface area contributed by atoms with Crippen molar-refractivity contribution in [2.75, 3.05) is 0 Å². The van der Waals surface area contributed by atoms with Crippen molar-refractivity contribution in [2.45, 2.75) is 0 Å². The molecule has 0 aliphatic heterocycles. The van der Waals surface area contributed by atoms with Gasteiger partial charge in [0.15, 0.2) is 0 Å². The maximum Gasteiger partial charge on any atom is 0.143 e. The quantitative estimate of drug-likeness (QED) is 0.275. The second-order valence-corrected chi connectivity index (χ2v) is 7.52. The molecule has 0 saturated heterocycles. The first-order valence-corrected chi connectivity index (χ1v) is 9.06. The van der Waals surface area contributed by atoms with Crippen molar-refractivity contribution in [1.29, 1.82) is 0 Å². The Morgan fingerprint density at radius 2 is 1.19 bits per heavy atom. The highest BCUT2D eigenvalue weighted by atomic mass is 32.1. The Balaban J connectivity index is 1.81. The van der Waals surface area contributed by atoms with Gasteiger partial charge in [0, 0.05) is 47.8 Å². The van der Waals surface area contributed by atoms with Crippen LogP contribution in [-0.4, -0.2) is 0 Å². The van der Waals surface area contributed by atoms with Crippen molar-refractivity contribution in [3.63, 3.8) is 0 Å². The molecule has 0 N–H and O–H groups in total. The lowest BCUT2D eigenvalue weighted by molar-refractivity contribution is 0.619. The Kier molecular flexibility index (Phi) is 2.62. The molecule has 0 fully saturated rings. The number of thiophene rings is 1. The van der Waals surface area contributed by atoms with Gasteiger partial charge in [-0.05, 0) is 36.4 Å². The van der Waals surface area contributed by atoms with E-state index in [1.165, 1.54) is 18.2 Å². The zero-order chi connectivity index (χ0) is 17.4. The number of rotatable bonds is 0. The fourth-order valence-corrected chi connectivity index (χ4v) is 5.08. The molecule has 0 bridgehead atoms. The van der Waals surface area contributed by atoms with E-state index < -0.39 is 0 Å². The first-order valence-electron chi connectivity index (χ1n) is 8.24. The molecule has 0 amide bonds. The number of hydrogen-bond acceptors (Lipinski definition) is 2. The third kappa shape index (κ3) is 1.77. The number of fused-ring (bicyclic) bond motifs is 9. The van der Waals surface area contributed by atoms with Crippen LogP contribution in [0.1, 0.15) is 0 Å². The molecule has 0 aliphatic carbocycles. The minimum absolute atomic E-state index is 0.227. The summed E-state index contributed by atoms with van der Waals surface area (Å²) in [5.41, 5.74) is 1.31. The molecule has 26 heavy (non-hydrogen) atoms. The Morgan fingerprint density at radius 1 is 0.615 bits per heavy atom. The molecule has 0 spiro atoms. The van der Waals surface area contributed by atoms with Crippen molar-refractivity contribution >= 4 is 64.2 Å². The van der Waals surface area contributed by atoms with Crippen LogP contribution in [0.3, 0.4) is 0 Å². The molecule has 1 nitrogen and oxygen atoms in total. The van der Waals surface area contributed by atoms with Gasteiger partial charge in [0.25, 0.3) is 0 Å². The van der Waals surface area contributed by atoms with Gasteiger partial charge in [0.2, 0.25) is 0 Å². The predicted molar refractivity (Wildman–Crippen MR) is 104 cm³/mol. The Hall–Kier alpha value is -2.98. The average molecular weight is 360 g/mol. The normalized spacial score (nSPS) is 12.2. The van der Waals surface area contributed by atoms with Gasteiger partial charge in [-0.15, -0.1) is 11.3 Å². The Bertz CT molecular complexity index is 1390. The molecule has 0 unspecified atom stereocenters. The topological polar surface area (TPSA) is 13.1 Å². The van der Waals surface area contributed by atoms with Gasteiger partial charge in [-0.3, -0.25) is 0 Å². The van der Waals surface area contributed by atoms with Crippen molar-refractivity contribution in [2.24, 2.45) is 0 Å². The van der Waals surface area contributed by atoms with E-state index in [9.17, 15) is 8.78 Å². The van der Waals surface area contributed by atoms with Gasteiger partial charge in [-0.2, -0.15) is 0 Å². The minimum Gasteiger partial charge on any atom is -0.455 e. The second kappa shape index (κ2) is 4.80. The highest BCUT2D eigenvalue weighted by molar-refractivity contribution is 7.26. The smallest absolute Gasteiger partial charge is 0.143 e. The largest absolute Gasteiger partial charge is 0.455 e. The number of hydrogen-bond donors (Lipinski definition) is 0. The summed E-state index contributed by atoms with van der Waals surface area (Å²) >= 11 is 1.58. The van der Waals surface area contributed by atoms with E-state index in [1.807, 2.05) is 18.2 Å². The average Bonchev–Trinajstić information content (AvgIpc) is 3.18. The molecular weight excluding hydrogens is 350 g/mol. The van der Waals surface area contributed by atoms with Gasteiger partial charge in [-0.1, -0.05) is 18.2 Å². The van der Waals surface area contributed by atoms with Gasteiger partial charge in [0.1, 0.15) is 22.8 Å². The maximum absolute atomic E-state index is 13.6. The molecule has 4 aromatic carbocycles. The number of furan rings is 1. The van der Waals surface area contributed by atoms with E-state index in [2.05, 4.69) is 12.1 Å². The van der Waals surface area contributed by atoms with Gasteiger partial charge >= 0.3 is 0 Å². The Labute approximate surface area is 150 Å². The molecule has 124 valence electrons. The molecule has 2 heterocycles. The second-order valence-electron chi connectivity index (χ2n) is 6.46. The molecular formula is C22H10F2OS. The molecule has 0 saturated carbocycles. The van der Waals surface area contributed by atoms with Crippen LogP contribution in [0.25, 0.3) is 52.9 Å². The van der Waals surface area contributed by atoms with Crippen LogP contribution < -0.4 is 0 Å². The molecule has 4 heteroatoms. The van der Waals surface area contributed by atoms with Gasteiger partial charge < -0.3 is 4.42 Å². The summed E-state index contributed by atoms with van der Waals surface area (Å²) in [4.78, 5) is 0. The summed E-state index contributed by atoms with van der Waals surface area (Å²) < 4.78 is 35.2. The summed E-state index contributed by atoms with van der Waals surface area (Å²) in [6.07, 6.45) is 0. The molecule has 6 aromatic rings. The van der Waals surface area contributed by atoms with Gasteiger partial charge in [0.05, 0.1) is 0 Å². The van der Waals surface area contributed by atoms with E-state index in [0.29, 0.717) is 5.58 Å². The first-order chi connectivity index (χ1) is 12.7. The van der Waals surface area contributed by atoms with E-state index in [1.54, 1.807) is 23.5 Å². The lowest BCUT2D eigenvalue weighted by Crippen LogP contribution is -1.75.